The summed E-state index contributed by atoms with van der Waals surface area (Å²) in [5.41, 5.74) is 2.12. The van der Waals surface area contributed by atoms with Gasteiger partial charge in [0.1, 0.15) is 0 Å². The zero-order valence-electron chi connectivity index (χ0n) is 15.0. The molecule has 0 unspecified atom stereocenters. The lowest BCUT2D eigenvalue weighted by molar-refractivity contribution is -0.132. The minimum Gasteiger partial charge on any atom is -0.378 e. The van der Waals surface area contributed by atoms with E-state index < -0.39 is 0 Å². The van der Waals surface area contributed by atoms with Gasteiger partial charge in [-0.05, 0) is 12.3 Å². The van der Waals surface area contributed by atoms with E-state index in [-0.39, 0.29) is 5.91 Å². The molecule has 0 radical (unpaired) electrons. The summed E-state index contributed by atoms with van der Waals surface area (Å²) in [6.45, 7) is 4.44. The molecule has 6 nitrogen and oxygen atoms in total. The highest BCUT2D eigenvalue weighted by Crippen LogP contribution is 2.29. The quantitative estimate of drug-likeness (QED) is 0.840. The van der Waals surface area contributed by atoms with Crippen LogP contribution >= 0.6 is 0 Å². The molecule has 1 aliphatic carbocycles. The van der Waals surface area contributed by atoms with Gasteiger partial charge in [0.2, 0.25) is 11.9 Å². The molecule has 4 rings (SSSR count). The highest BCUT2D eigenvalue weighted by molar-refractivity contribution is 5.76. The molecule has 2 fully saturated rings. The molecule has 2 aliphatic heterocycles. The van der Waals surface area contributed by atoms with Crippen molar-refractivity contribution >= 4 is 11.9 Å². The molecule has 3 aliphatic rings. The maximum Gasteiger partial charge on any atom is 0.225 e. The minimum atomic E-state index is 0.275. The van der Waals surface area contributed by atoms with Crippen molar-refractivity contribution in [2.45, 2.75) is 58.0 Å². The second-order valence-electron chi connectivity index (χ2n) is 7.53. The Morgan fingerprint density at radius 2 is 1.96 bits per heavy atom. The molecule has 0 spiro atoms. The van der Waals surface area contributed by atoms with Crippen LogP contribution in [-0.2, 0) is 22.6 Å². The van der Waals surface area contributed by atoms with Gasteiger partial charge in [-0.15, -0.1) is 0 Å². The molecule has 1 aromatic rings. The number of carbonyl (C=O) groups is 1. The highest BCUT2D eigenvalue weighted by atomic mass is 16.5. The summed E-state index contributed by atoms with van der Waals surface area (Å²) in [4.78, 5) is 25.9. The fourth-order valence-corrected chi connectivity index (χ4v) is 4.20. The second-order valence-corrected chi connectivity index (χ2v) is 7.53. The summed E-state index contributed by atoms with van der Waals surface area (Å²) in [6, 6.07) is 0. The van der Waals surface area contributed by atoms with Crippen molar-refractivity contribution in [3.63, 3.8) is 0 Å². The van der Waals surface area contributed by atoms with Crippen LogP contribution in [0.4, 0.5) is 5.95 Å². The van der Waals surface area contributed by atoms with E-state index in [4.69, 9.17) is 9.72 Å². The number of ether oxygens (including phenoxy) is 1. The predicted octanol–water partition coefficient (Wildman–Crippen LogP) is 2.52. The third-order valence-corrected chi connectivity index (χ3v) is 5.78. The summed E-state index contributed by atoms with van der Waals surface area (Å²) in [5.74, 6) is 1.81. The van der Waals surface area contributed by atoms with Crippen molar-refractivity contribution in [2.24, 2.45) is 5.92 Å². The minimum absolute atomic E-state index is 0.275. The summed E-state index contributed by atoms with van der Waals surface area (Å²) >= 11 is 0. The van der Waals surface area contributed by atoms with Gasteiger partial charge in [-0.3, -0.25) is 4.79 Å². The lowest BCUT2D eigenvalue weighted by Crippen LogP contribution is -2.37. The van der Waals surface area contributed by atoms with E-state index in [1.54, 1.807) is 0 Å². The Bertz CT molecular complexity index is 609. The Morgan fingerprint density at radius 3 is 2.76 bits per heavy atom. The van der Waals surface area contributed by atoms with Crippen LogP contribution in [0.15, 0.2) is 6.20 Å². The Kier molecular flexibility index (Phi) is 5.15. The van der Waals surface area contributed by atoms with Gasteiger partial charge in [-0.2, -0.15) is 0 Å². The number of aromatic nitrogens is 2. The molecule has 1 amide bonds. The average Bonchev–Trinajstić information content (AvgIpc) is 3.11. The molecule has 0 aromatic carbocycles. The van der Waals surface area contributed by atoms with Crippen LogP contribution in [0.1, 0.15) is 56.2 Å². The lowest BCUT2D eigenvalue weighted by atomic mass is 9.86. The average molecular weight is 344 g/mol. The van der Waals surface area contributed by atoms with E-state index in [2.05, 4.69) is 9.88 Å². The maximum atomic E-state index is 12.6. The molecule has 136 valence electrons. The van der Waals surface area contributed by atoms with Gasteiger partial charge in [0.15, 0.2) is 0 Å². The summed E-state index contributed by atoms with van der Waals surface area (Å²) in [6.07, 6.45) is 10.3. The van der Waals surface area contributed by atoms with Crippen molar-refractivity contribution in [1.82, 2.24) is 14.9 Å². The number of morpholine rings is 1. The van der Waals surface area contributed by atoms with E-state index >= 15 is 0 Å². The first-order valence-corrected chi connectivity index (χ1v) is 9.75. The van der Waals surface area contributed by atoms with E-state index in [9.17, 15) is 4.79 Å². The van der Waals surface area contributed by atoms with Crippen LogP contribution in [0.5, 0.6) is 0 Å². The molecule has 6 heteroatoms. The third-order valence-electron chi connectivity index (χ3n) is 5.78. The Hall–Kier alpha value is -1.69. The SMILES string of the molecule is O=C(CCC1CCCCC1)N1Cc2cnc(N3CCOCC3)nc2C1. The van der Waals surface area contributed by atoms with Crippen LogP contribution in [0.2, 0.25) is 0 Å². The first-order chi connectivity index (χ1) is 12.3. The van der Waals surface area contributed by atoms with Gasteiger partial charge in [0.25, 0.3) is 0 Å². The molecule has 1 saturated heterocycles. The van der Waals surface area contributed by atoms with Crippen LogP contribution in [0.3, 0.4) is 0 Å². The van der Waals surface area contributed by atoms with Gasteiger partial charge in [0.05, 0.1) is 25.5 Å². The molecule has 0 bridgehead atoms. The topological polar surface area (TPSA) is 58.6 Å². The Morgan fingerprint density at radius 1 is 1.16 bits per heavy atom. The molecular weight excluding hydrogens is 316 g/mol. The highest BCUT2D eigenvalue weighted by Gasteiger charge is 2.27. The Labute approximate surface area is 149 Å². The first-order valence-electron chi connectivity index (χ1n) is 9.75. The van der Waals surface area contributed by atoms with Crippen molar-refractivity contribution in [3.05, 3.63) is 17.5 Å². The second kappa shape index (κ2) is 7.68. The van der Waals surface area contributed by atoms with Crippen LogP contribution < -0.4 is 4.90 Å². The number of nitrogens with zero attached hydrogens (tertiary/aromatic N) is 4. The van der Waals surface area contributed by atoms with Gasteiger partial charge in [-0.25, -0.2) is 9.97 Å². The molecule has 3 heterocycles. The summed E-state index contributed by atoms with van der Waals surface area (Å²) in [7, 11) is 0. The zero-order chi connectivity index (χ0) is 17.1. The van der Waals surface area contributed by atoms with Crippen LogP contribution in [0.25, 0.3) is 0 Å². The number of hydrogen-bond acceptors (Lipinski definition) is 5. The number of anilines is 1. The number of hydrogen-bond donors (Lipinski definition) is 0. The molecule has 1 saturated carbocycles. The van der Waals surface area contributed by atoms with Crippen molar-refractivity contribution < 1.29 is 9.53 Å². The van der Waals surface area contributed by atoms with Gasteiger partial charge >= 0.3 is 0 Å². The smallest absolute Gasteiger partial charge is 0.225 e. The van der Waals surface area contributed by atoms with E-state index in [0.717, 1.165) is 55.8 Å². The summed E-state index contributed by atoms with van der Waals surface area (Å²) < 4.78 is 5.39. The lowest BCUT2D eigenvalue weighted by Gasteiger charge is -2.26. The van der Waals surface area contributed by atoms with Crippen LogP contribution in [-0.4, -0.2) is 47.1 Å². The molecule has 0 atom stereocenters. The number of rotatable bonds is 4. The normalized spacial score (nSPS) is 21.4. The maximum absolute atomic E-state index is 12.6. The van der Waals surface area contributed by atoms with Crippen LogP contribution in [0, 0.1) is 5.92 Å². The van der Waals surface area contributed by atoms with E-state index in [0.29, 0.717) is 19.5 Å². The number of fused-ring (bicyclic) bond motifs is 1. The van der Waals surface area contributed by atoms with Gasteiger partial charge in [0, 0.05) is 37.8 Å². The van der Waals surface area contributed by atoms with Gasteiger partial charge in [-0.1, -0.05) is 32.1 Å². The molecule has 1 aromatic heterocycles. The standard InChI is InChI=1S/C19H28N4O2/c24-18(7-6-15-4-2-1-3-5-15)23-13-16-12-20-19(21-17(16)14-23)22-8-10-25-11-9-22/h12,15H,1-11,13-14H2. The van der Waals surface area contributed by atoms with E-state index in [1.165, 1.54) is 32.1 Å². The van der Waals surface area contributed by atoms with Crippen molar-refractivity contribution in [1.29, 1.82) is 0 Å². The predicted molar refractivity (Wildman–Crippen MR) is 95.1 cm³/mol. The molecule has 25 heavy (non-hydrogen) atoms. The monoisotopic (exact) mass is 344 g/mol. The van der Waals surface area contributed by atoms with Gasteiger partial charge < -0.3 is 14.5 Å². The molecular formula is C19H28N4O2. The largest absolute Gasteiger partial charge is 0.378 e. The fourth-order valence-electron chi connectivity index (χ4n) is 4.20. The zero-order valence-corrected chi connectivity index (χ0v) is 15.0. The molecule has 0 N–H and O–H groups in total. The number of carbonyl (C=O) groups excluding carboxylic acids is 1. The first kappa shape index (κ1) is 16.8. The third kappa shape index (κ3) is 3.94. The van der Waals surface area contributed by atoms with Crippen molar-refractivity contribution in [3.8, 4) is 0 Å². The Balaban J connectivity index is 1.33. The summed E-state index contributed by atoms with van der Waals surface area (Å²) in [5, 5.41) is 0. The fraction of sp³-hybridized carbons (Fsp3) is 0.737. The number of amides is 1. The van der Waals surface area contributed by atoms with Crippen molar-refractivity contribution in [2.75, 3.05) is 31.2 Å². The van der Waals surface area contributed by atoms with E-state index in [1.807, 2.05) is 11.1 Å².